The third-order valence-corrected chi connectivity index (χ3v) is 7.28. The number of alkyl halides is 3. The normalized spacial score (nSPS) is 28.0. The number of hydrogen-bond acceptors (Lipinski definition) is 7. The van der Waals surface area contributed by atoms with E-state index in [1.165, 1.54) is 20.0 Å². The van der Waals surface area contributed by atoms with Gasteiger partial charge in [0, 0.05) is 41.6 Å². The van der Waals surface area contributed by atoms with E-state index in [9.17, 15) is 23.1 Å². The minimum absolute atomic E-state index is 0.157. The van der Waals surface area contributed by atoms with Crippen LogP contribution in [-0.2, 0) is 0 Å². The topological polar surface area (TPSA) is 99.0 Å². The standard InChI is InChI=1S/C23H28F3N5O2S/c1-23(2,33)19(24)10-28-22(32)15-9-27-20(8-17(15)30-14-5-12(6-14)21(25)26)31-13-3-4-16-18(7-13)34-11-29-16/h3-4,8-9,11-12,14,16,18-19,21,33H,5-7,10H2,1-2H3,(H,27,30)(H,28,32)/t12?,14?,16?,18?,19-/m1/s1. The van der Waals surface area contributed by atoms with Crippen molar-refractivity contribution in [2.75, 3.05) is 11.9 Å². The number of nitrogens with zero attached hydrogens (tertiary/aromatic N) is 3. The number of aromatic nitrogens is 1. The van der Waals surface area contributed by atoms with Crippen LogP contribution >= 0.6 is 11.8 Å². The Morgan fingerprint density at radius 1 is 1.35 bits per heavy atom. The van der Waals surface area contributed by atoms with Crippen molar-refractivity contribution in [1.82, 2.24) is 10.3 Å². The van der Waals surface area contributed by atoms with Gasteiger partial charge in [-0.15, -0.1) is 11.8 Å². The molecule has 1 amide bonds. The van der Waals surface area contributed by atoms with Gasteiger partial charge in [0.15, 0.2) is 5.82 Å². The number of carbonyl (C=O) groups is 1. The number of nitrogens with one attached hydrogen (secondary N) is 2. The van der Waals surface area contributed by atoms with E-state index in [1.54, 1.807) is 17.8 Å². The number of aliphatic imine (C=N–C) groups is 2. The Hall–Kier alpha value is -2.40. The highest BCUT2D eigenvalue weighted by molar-refractivity contribution is 8.13. The van der Waals surface area contributed by atoms with E-state index >= 15 is 0 Å². The molecule has 1 aliphatic heterocycles. The molecule has 2 aliphatic carbocycles. The molecule has 2 heterocycles. The number of thioether (sulfide) groups is 1. The fraction of sp³-hybridized carbons (Fsp3) is 0.565. The highest BCUT2D eigenvalue weighted by atomic mass is 32.2. The number of aliphatic hydroxyl groups is 1. The summed E-state index contributed by atoms with van der Waals surface area (Å²) in [5.74, 6) is -0.863. The second-order valence-electron chi connectivity index (χ2n) is 9.41. The van der Waals surface area contributed by atoms with E-state index < -0.39 is 30.0 Å². The molecule has 1 aromatic heterocycles. The third kappa shape index (κ3) is 5.80. The number of anilines is 1. The van der Waals surface area contributed by atoms with Gasteiger partial charge in [0.2, 0.25) is 6.43 Å². The predicted molar refractivity (Wildman–Crippen MR) is 128 cm³/mol. The quantitative estimate of drug-likeness (QED) is 0.508. The van der Waals surface area contributed by atoms with Gasteiger partial charge >= 0.3 is 0 Å². The van der Waals surface area contributed by atoms with E-state index in [0.29, 0.717) is 29.6 Å². The molecular formula is C23H28F3N5O2S. The zero-order valence-corrected chi connectivity index (χ0v) is 19.7. The smallest absolute Gasteiger partial charge is 0.255 e. The number of pyridine rings is 1. The van der Waals surface area contributed by atoms with Gasteiger partial charge in [-0.05, 0) is 32.8 Å². The fourth-order valence-corrected chi connectivity index (χ4v) is 4.91. The van der Waals surface area contributed by atoms with Crippen molar-refractivity contribution in [3.63, 3.8) is 0 Å². The molecule has 184 valence electrons. The number of allylic oxidation sites excluding steroid dienone is 1. The molecular weight excluding hydrogens is 467 g/mol. The Labute approximate surface area is 200 Å². The van der Waals surface area contributed by atoms with Gasteiger partial charge in [-0.25, -0.2) is 23.1 Å². The molecule has 0 aromatic carbocycles. The Morgan fingerprint density at radius 3 is 2.82 bits per heavy atom. The van der Waals surface area contributed by atoms with Gasteiger partial charge in [-0.1, -0.05) is 6.08 Å². The first-order valence-electron chi connectivity index (χ1n) is 11.2. The summed E-state index contributed by atoms with van der Waals surface area (Å²) in [7, 11) is 0. The Balaban J connectivity index is 1.51. The van der Waals surface area contributed by atoms with Crippen LogP contribution in [0.25, 0.3) is 0 Å². The van der Waals surface area contributed by atoms with Crippen LogP contribution in [0.15, 0.2) is 34.4 Å². The number of carbonyl (C=O) groups excluding carboxylic acids is 1. The van der Waals surface area contributed by atoms with Crippen LogP contribution in [-0.4, -0.2) is 69.3 Å². The lowest BCUT2D eigenvalue weighted by Crippen LogP contribution is -2.42. The van der Waals surface area contributed by atoms with E-state index in [1.807, 2.05) is 17.7 Å². The molecule has 11 heteroatoms. The number of hydrogen-bond donors (Lipinski definition) is 3. The van der Waals surface area contributed by atoms with Crippen LogP contribution in [0.5, 0.6) is 0 Å². The Bertz CT molecular complexity index is 1000. The average molecular weight is 496 g/mol. The highest BCUT2D eigenvalue weighted by Crippen LogP contribution is 2.36. The summed E-state index contributed by atoms with van der Waals surface area (Å²) in [5.41, 5.74) is 1.65. The maximum absolute atomic E-state index is 14.1. The molecule has 3 N–H and O–H groups in total. The summed E-state index contributed by atoms with van der Waals surface area (Å²) in [4.78, 5) is 26.0. The first-order valence-corrected chi connectivity index (χ1v) is 12.2. The van der Waals surface area contributed by atoms with E-state index in [2.05, 4.69) is 25.6 Å². The number of amides is 1. The molecule has 4 rings (SSSR count). The predicted octanol–water partition coefficient (Wildman–Crippen LogP) is 3.92. The van der Waals surface area contributed by atoms with Gasteiger partial charge < -0.3 is 15.7 Å². The molecule has 3 atom stereocenters. The molecule has 2 unspecified atom stereocenters. The number of fused-ring (bicyclic) bond motifs is 1. The Morgan fingerprint density at radius 2 is 2.12 bits per heavy atom. The van der Waals surface area contributed by atoms with Crippen LogP contribution in [0.4, 0.5) is 24.7 Å². The molecule has 0 bridgehead atoms. The van der Waals surface area contributed by atoms with Crippen molar-refractivity contribution < 1.29 is 23.1 Å². The van der Waals surface area contributed by atoms with Gasteiger partial charge in [0.05, 0.1) is 35.0 Å². The lowest BCUT2D eigenvalue weighted by Gasteiger charge is -2.36. The fourth-order valence-electron chi connectivity index (χ4n) is 3.95. The van der Waals surface area contributed by atoms with Crippen LogP contribution in [0, 0.1) is 5.92 Å². The molecule has 0 saturated heterocycles. The molecule has 7 nitrogen and oxygen atoms in total. The van der Waals surface area contributed by atoms with Crippen molar-refractivity contribution in [3.8, 4) is 0 Å². The van der Waals surface area contributed by atoms with Gasteiger partial charge in [-0.3, -0.25) is 9.79 Å². The molecule has 1 saturated carbocycles. The Kier molecular flexibility index (Phi) is 7.32. The molecule has 1 fully saturated rings. The van der Waals surface area contributed by atoms with Gasteiger partial charge in [0.1, 0.15) is 6.17 Å². The summed E-state index contributed by atoms with van der Waals surface area (Å²) in [6, 6.07) is 1.56. The molecule has 34 heavy (non-hydrogen) atoms. The van der Waals surface area contributed by atoms with Crippen LogP contribution in [0.1, 0.15) is 43.5 Å². The summed E-state index contributed by atoms with van der Waals surface area (Å²) in [6.07, 6.45) is 2.54. The monoisotopic (exact) mass is 495 g/mol. The third-order valence-electron chi connectivity index (χ3n) is 6.24. The first-order chi connectivity index (χ1) is 16.1. The van der Waals surface area contributed by atoms with Crippen molar-refractivity contribution in [2.45, 2.75) is 68.6 Å². The summed E-state index contributed by atoms with van der Waals surface area (Å²) < 4.78 is 39.9. The summed E-state index contributed by atoms with van der Waals surface area (Å²) in [6.45, 7) is 2.26. The SMILES string of the molecule is CC(C)(O)[C@H](F)CNC(=O)c1cnc(N=C2C=CC3N=CSC3C2)cc1NC1CC(C(F)F)C1. The minimum atomic E-state index is -2.37. The van der Waals surface area contributed by atoms with Crippen molar-refractivity contribution in [1.29, 1.82) is 0 Å². The molecule has 3 aliphatic rings. The summed E-state index contributed by atoms with van der Waals surface area (Å²) >= 11 is 1.66. The van der Waals surface area contributed by atoms with Gasteiger partial charge in [-0.2, -0.15) is 0 Å². The first kappa shape index (κ1) is 24.7. The van der Waals surface area contributed by atoms with E-state index in [4.69, 9.17) is 0 Å². The van der Waals surface area contributed by atoms with Crippen LogP contribution in [0.3, 0.4) is 0 Å². The summed E-state index contributed by atoms with van der Waals surface area (Å²) in [5, 5.41) is 15.7. The molecule has 0 spiro atoms. The van der Waals surface area contributed by atoms with Gasteiger partial charge in [0.25, 0.3) is 5.91 Å². The van der Waals surface area contributed by atoms with Crippen LogP contribution < -0.4 is 10.6 Å². The average Bonchev–Trinajstić information content (AvgIpc) is 3.21. The largest absolute Gasteiger partial charge is 0.387 e. The maximum Gasteiger partial charge on any atom is 0.255 e. The number of halogens is 3. The second kappa shape index (κ2) is 10.1. The van der Waals surface area contributed by atoms with E-state index in [0.717, 1.165) is 12.1 Å². The number of rotatable bonds is 8. The zero-order chi connectivity index (χ0) is 24.5. The molecule has 0 radical (unpaired) electrons. The lowest BCUT2D eigenvalue weighted by molar-refractivity contribution is -0.00178. The minimum Gasteiger partial charge on any atom is -0.387 e. The van der Waals surface area contributed by atoms with Crippen molar-refractivity contribution >= 4 is 40.4 Å². The second-order valence-corrected chi connectivity index (χ2v) is 10.5. The van der Waals surface area contributed by atoms with E-state index in [-0.39, 0.29) is 24.2 Å². The lowest BCUT2D eigenvalue weighted by atomic mass is 9.80. The van der Waals surface area contributed by atoms with Crippen molar-refractivity contribution in [2.24, 2.45) is 15.9 Å². The maximum atomic E-state index is 14.1. The highest BCUT2D eigenvalue weighted by Gasteiger charge is 2.36. The zero-order valence-electron chi connectivity index (χ0n) is 18.9. The van der Waals surface area contributed by atoms with Crippen molar-refractivity contribution in [3.05, 3.63) is 30.0 Å². The molecule has 1 aromatic rings. The van der Waals surface area contributed by atoms with Crippen LogP contribution in [0.2, 0.25) is 0 Å².